The molecule has 0 aliphatic heterocycles. The van der Waals surface area contributed by atoms with Gasteiger partial charge in [0.25, 0.3) is 0 Å². The van der Waals surface area contributed by atoms with Crippen LogP contribution in [0.5, 0.6) is 5.75 Å². The average Bonchev–Trinajstić information content (AvgIpc) is 2.55. The predicted octanol–water partition coefficient (Wildman–Crippen LogP) is 4.61. The van der Waals surface area contributed by atoms with E-state index < -0.39 is 5.82 Å². The molecule has 3 nitrogen and oxygen atoms in total. The van der Waals surface area contributed by atoms with Crippen LogP contribution < -0.4 is 10.1 Å². The van der Waals surface area contributed by atoms with Gasteiger partial charge in [0, 0.05) is 5.02 Å². The van der Waals surface area contributed by atoms with Gasteiger partial charge in [-0.25, -0.2) is 4.39 Å². The lowest BCUT2D eigenvalue weighted by molar-refractivity contribution is -0.121. The van der Waals surface area contributed by atoms with Crippen LogP contribution in [-0.2, 0) is 11.2 Å². The molecule has 0 heterocycles. The van der Waals surface area contributed by atoms with Crippen LogP contribution in [0.1, 0.15) is 36.1 Å². The minimum absolute atomic E-state index is 0.0192. The zero-order chi connectivity index (χ0) is 17.7. The molecule has 0 fully saturated rings. The Morgan fingerprint density at radius 1 is 1.29 bits per heavy atom. The second-order valence-electron chi connectivity index (χ2n) is 5.67. The fraction of sp³-hybridized carbons (Fsp3) is 0.316. The van der Waals surface area contributed by atoms with Gasteiger partial charge in [0.2, 0.25) is 5.91 Å². The fourth-order valence-electron chi connectivity index (χ4n) is 2.62. The summed E-state index contributed by atoms with van der Waals surface area (Å²) < 4.78 is 19.1. The fourth-order valence-corrected chi connectivity index (χ4v) is 2.78. The van der Waals surface area contributed by atoms with E-state index in [4.69, 9.17) is 16.3 Å². The Balaban J connectivity index is 2.09. The van der Waals surface area contributed by atoms with Crippen LogP contribution in [0.3, 0.4) is 0 Å². The second kappa shape index (κ2) is 8.15. The molecular weight excluding hydrogens is 329 g/mol. The zero-order valence-corrected chi connectivity index (χ0v) is 14.8. The number of rotatable bonds is 6. The highest BCUT2D eigenvalue weighted by Gasteiger charge is 2.15. The van der Waals surface area contributed by atoms with E-state index in [0.29, 0.717) is 10.6 Å². The van der Waals surface area contributed by atoms with Crippen LogP contribution in [0.4, 0.5) is 4.39 Å². The van der Waals surface area contributed by atoms with Gasteiger partial charge in [-0.2, -0.15) is 0 Å². The molecule has 1 unspecified atom stereocenters. The lowest BCUT2D eigenvalue weighted by atomic mass is 10.0. The largest absolute Gasteiger partial charge is 0.496 e. The van der Waals surface area contributed by atoms with Gasteiger partial charge in [-0.05, 0) is 48.2 Å². The Morgan fingerprint density at radius 3 is 2.62 bits per heavy atom. The third kappa shape index (κ3) is 4.48. The third-order valence-corrected chi connectivity index (χ3v) is 4.17. The van der Waals surface area contributed by atoms with Crippen LogP contribution in [0.2, 0.25) is 5.02 Å². The van der Waals surface area contributed by atoms with Crippen LogP contribution >= 0.6 is 11.6 Å². The van der Waals surface area contributed by atoms with Gasteiger partial charge in [-0.15, -0.1) is 0 Å². The van der Waals surface area contributed by atoms with Crippen LogP contribution in [-0.4, -0.2) is 13.0 Å². The summed E-state index contributed by atoms with van der Waals surface area (Å²) in [5.41, 5.74) is 2.34. The molecule has 0 spiro atoms. The molecule has 0 saturated carbocycles. The molecule has 24 heavy (non-hydrogen) atoms. The number of carbonyl (C=O) groups excluding carboxylic acids is 1. The van der Waals surface area contributed by atoms with Crippen molar-refractivity contribution in [3.05, 3.63) is 63.9 Å². The molecular formula is C19H21ClFNO2. The molecule has 5 heteroatoms. The molecule has 0 aliphatic carbocycles. The third-order valence-electron chi connectivity index (χ3n) is 3.93. The molecule has 0 aliphatic rings. The second-order valence-corrected chi connectivity index (χ2v) is 6.11. The number of amides is 1. The number of aryl methyl sites for hydroxylation is 1. The van der Waals surface area contributed by atoms with E-state index in [-0.39, 0.29) is 18.4 Å². The summed E-state index contributed by atoms with van der Waals surface area (Å²) in [5.74, 6) is 0.116. The van der Waals surface area contributed by atoms with Crippen LogP contribution in [0.15, 0.2) is 36.4 Å². The minimum Gasteiger partial charge on any atom is -0.496 e. The first-order valence-corrected chi connectivity index (χ1v) is 8.20. The summed E-state index contributed by atoms with van der Waals surface area (Å²) in [6.07, 6.45) is 0.718. The molecule has 0 aromatic heterocycles. The highest BCUT2D eigenvalue weighted by Crippen LogP contribution is 2.24. The summed E-state index contributed by atoms with van der Waals surface area (Å²) in [5, 5.41) is 3.28. The summed E-state index contributed by atoms with van der Waals surface area (Å²) in [7, 11) is 1.63. The van der Waals surface area contributed by atoms with Gasteiger partial charge in [0.1, 0.15) is 11.6 Å². The molecule has 1 N–H and O–H groups in total. The lowest BCUT2D eigenvalue weighted by Gasteiger charge is -2.19. The lowest BCUT2D eigenvalue weighted by Crippen LogP contribution is -2.29. The molecule has 0 saturated heterocycles. The van der Waals surface area contributed by atoms with Crippen molar-refractivity contribution in [3.8, 4) is 5.75 Å². The molecule has 0 radical (unpaired) electrons. The summed E-state index contributed by atoms with van der Waals surface area (Å²) in [4.78, 5) is 12.3. The number of benzene rings is 2. The molecule has 2 aromatic carbocycles. The Kier molecular flexibility index (Phi) is 6.21. The van der Waals surface area contributed by atoms with E-state index >= 15 is 0 Å². The summed E-state index contributed by atoms with van der Waals surface area (Å²) in [6.45, 7) is 3.95. The van der Waals surface area contributed by atoms with Gasteiger partial charge in [0.05, 0.1) is 19.6 Å². The van der Waals surface area contributed by atoms with Crippen molar-refractivity contribution in [2.24, 2.45) is 0 Å². The van der Waals surface area contributed by atoms with E-state index in [0.717, 1.165) is 23.3 Å². The van der Waals surface area contributed by atoms with Gasteiger partial charge in [-0.3, -0.25) is 4.79 Å². The van der Waals surface area contributed by atoms with E-state index in [1.807, 2.05) is 32.0 Å². The maximum Gasteiger partial charge on any atom is 0.225 e. The summed E-state index contributed by atoms with van der Waals surface area (Å²) >= 11 is 5.73. The molecule has 2 rings (SSSR count). The number of methoxy groups -OCH3 is 1. The first-order chi connectivity index (χ1) is 11.4. The van der Waals surface area contributed by atoms with Gasteiger partial charge in [-0.1, -0.05) is 36.7 Å². The minimum atomic E-state index is -0.467. The smallest absolute Gasteiger partial charge is 0.225 e. The van der Waals surface area contributed by atoms with Gasteiger partial charge in [0.15, 0.2) is 0 Å². The molecule has 2 aromatic rings. The SMILES string of the molecule is CCC(NC(=O)Cc1ccc(Cl)cc1F)c1ccc(OC)c(C)c1. The number of halogens is 2. The van der Waals surface area contributed by atoms with E-state index in [9.17, 15) is 9.18 Å². The zero-order valence-electron chi connectivity index (χ0n) is 14.0. The number of nitrogens with one attached hydrogen (secondary N) is 1. The summed E-state index contributed by atoms with van der Waals surface area (Å²) in [6, 6.07) is 10.0. The Morgan fingerprint density at radius 2 is 2.04 bits per heavy atom. The molecule has 1 atom stereocenters. The Labute approximate surface area is 146 Å². The highest BCUT2D eigenvalue weighted by molar-refractivity contribution is 6.30. The molecule has 0 bridgehead atoms. The standard InChI is InChI=1S/C19H21ClFNO2/c1-4-17(14-6-8-18(24-3)12(2)9-14)22-19(23)10-13-5-7-15(20)11-16(13)21/h5-9,11,17H,4,10H2,1-3H3,(H,22,23). The van der Waals surface area contributed by atoms with Crippen molar-refractivity contribution in [1.29, 1.82) is 0 Å². The van der Waals surface area contributed by atoms with E-state index in [1.54, 1.807) is 13.2 Å². The molecule has 128 valence electrons. The Hall–Kier alpha value is -2.07. The van der Waals surface area contributed by atoms with E-state index in [2.05, 4.69) is 5.32 Å². The van der Waals surface area contributed by atoms with Crippen LogP contribution in [0.25, 0.3) is 0 Å². The van der Waals surface area contributed by atoms with Crippen molar-refractivity contribution >= 4 is 17.5 Å². The van der Waals surface area contributed by atoms with Crippen molar-refractivity contribution in [2.45, 2.75) is 32.7 Å². The first-order valence-electron chi connectivity index (χ1n) is 7.82. The molecule has 1 amide bonds. The maximum atomic E-state index is 13.8. The van der Waals surface area contributed by atoms with Crippen molar-refractivity contribution in [1.82, 2.24) is 5.32 Å². The van der Waals surface area contributed by atoms with Gasteiger partial charge < -0.3 is 10.1 Å². The van der Waals surface area contributed by atoms with Crippen LogP contribution in [0, 0.1) is 12.7 Å². The maximum absolute atomic E-state index is 13.8. The number of hydrogen-bond acceptors (Lipinski definition) is 2. The topological polar surface area (TPSA) is 38.3 Å². The normalized spacial score (nSPS) is 11.9. The predicted molar refractivity (Wildman–Crippen MR) is 94.0 cm³/mol. The number of ether oxygens (including phenoxy) is 1. The number of carbonyl (C=O) groups is 1. The Bertz CT molecular complexity index is 733. The van der Waals surface area contributed by atoms with Crippen molar-refractivity contribution in [3.63, 3.8) is 0 Å². The van der Waals surface area contributed by atoms with E-state index in [1.165, 1.54) is 12.1 Å². The quantitative estimate of drug-likeness (QED) is 0.827. The monoisotopic (exact) mass is 349 g/mol. The number of hydrogen-bond donors (Lipinski definition) is 1. The van der Waals surface area contributed by atoms with Crippen molar-refractivity contribution < 1.29 is 13.9 Å². The highest BCUT2D eigenvalue weighted by atomic mass is 35.5. The average molecular weight is 350 g/mol. The van der Waals surface area contributed by atoms with Crippen molar-refractivity contribution in [2.75, 3.05) is 7.11 Å². The first kappa shape index (κ1) is 18.3. The van der Waals surface area contributed by atoms with Gasteiger partial charge >= 0.3 is 0 Å².